The molecule has 6 rings (SSSR count). The monoisotopic (exact) mass is 555 g/mol. The van der Waals surface area contributed by atoms with Crippen LogP contribution in [0, 0.1) is 0 Å². The first kappa shape index (κ1) is 27.1. The molecule has 11 heteroatoms. The van der Waals surface area contributed by atoms with Crippen molar-refractivity contribution in [3.63, 3.8) is 0 Å². The molecule has 0 spiro atoms. The van der Waals surface area contributed by atoms with Crippen LogP contribution in [0.5, 0.6) is 17.2 Å². The van der Waals surface area contributed by atoms with Crippen LogP contribution in [0.4, 0.5) is 0 Å². The number of hydrogen-bond donors (Lipinski definition) is 4. The summed E-state index contributed by atoms with van der Waals surface area (Å²) in [5.74, 6) is -1.56. The molecule has 0 radical (unpaired) electrons. The van der Waals surface area contributed by atoms with E-state index >= 15 is 0 Å². The highest BCUT2D eigenvalue weighted by Crippen LogP contribution is 2.54. The molecule has 4 aliphatic rings. The number of nitrogens with zero attached hydrogens (tertiary/aromatic N) is 1. The van der Waals surface area contributed by atoms with Crippen LogP contribution in [0.15, 0.2) is 12.1 Å². The Bertz CT molecular complexity index is 1470. The van der Waals surface area contributed by atoms with Gasteiger partial charge in [0.1, 0.15) is 35.1 Å². The molecule has 0 aromatic heterocycles. The van der Waals surface area contributed by atoms with Gasteiger partial charge >= 0.3 is 0 Å². The molecule has 11 nitrogen and oxygen atoms in total. The van der Waals surface area contributed by atoms with Gasteiger partial charge in [0.05, 0.1) is 41.5 Å². The predicted octanol–water partition coefficient (Wildman–Crippen LogP) is 1.18. The van der Waals surface area contributed by atoms with Gasteiger partial charge in [0.15, 0.2) is 5.78 Å². The number of phenolic OH excluding ortho intramolecular Hbond substituents is 1. The van der Waals surface area contributed by atoms with E-state index in [1.54, 1.807) is 32.8 Å². The summed E-state index contributed by atoms with van der Waals surface area (Å²) >= 11 is 0. The zero-order valence-corrected chi connectivity index (χ0v) is 23.1. The molecule has 2 heterocycles. The lowest BCUT2D eigenvalue weighted by Crippen LogP contribution is -2.68. The van der Waals surface area contributed by atoms with Crippen LogP contribution in [0.2, 0.25) is 0 Å². The Morgan fingerprint density at radius 2 is 1.75 bits per heavy atom. The number of aromatic hydroxyl groups is 1. The lowest BCUT2D eigenvalue weighted by atomic mass is 9.72. The third-order valence-electron chi connectivity index (χ3n) is 8.86. The van der Waals surface area contributed by atoms with Gasteiger partial charge in [-0.05, 0) is 45.6 Å². The van der Waals surface area contributed by atoms with Crippen molar-refractivity contribution >= 4 is 11.6 Å². The van der Waals surface area contributed by atoms with E-state index in [1.165, 1.54) is 26.4 Å². The van der Waals surface area contributed by atoms with Crippen LogP contribution in [-0.2, 0) is 21.5 Å². The van der Waals surface area contributed by atoms with Crippen LogP contribution in [0.25, 0.3) is 0 Å². The molecular weight excluding hydrogens is 522 g/mol. The molecular formula is C29H33NO10. The van der Waals surface area contributed by atoms with Crippen LogP contribution in [-0.4, -0.2) is 95.3 Å². The fourth-order valence-electron chi connectivity index (χ4n) is 6.91. The van der Waals surface area contributed by atoms with E-state index in [-0.39, 0.29) is 52.3 Å². The summed E-state index contributed by atoms with van der Waals surface area (Å²) in [6.45, 7) is 3.28. The first-order valence-corrected chi connectivity index (χ1v) is 13.1. The van der Waals surface area contributed by atoms with Crippen LogP contribution in [0.1, 0.15) is 74.9 Å². The quantitative estimate of drug-likeness (QED) is 0.368. The minimum atomic E-state index is -1.42. The van der Waals surface area contributed by atoms with Crippen molar-refractivity contribution in [2.24, 2.45) is 0 Å². The number of aliphatic hydroxyl groups is 3. The summed E-state index contributed by atoms with van der Waals surface area (Å²) in [6, 6.07) is 2.27. The molecule has 1 saturated heterocycles. The fraction of sp³-hybridized carbons (Fsp3) is 0.517. The Balaban J connectivity index is 1.60. The van der Waals surface area contributed by atoms with Gasteiger partial charge in [-0.15, -0.1) is 0 Å². The summed E-state index contributed by atoms with van der Waals surface area (Å²) in [5.41, 5.74) is -1.84. The van der Waals surface area contributed by atoms with Crippen LogP contribution >= 0.6 is 0 Å². The fourth-order valence-corrected chi connectivity index (χ4v) is 6.91. The number of rotatable bonds is 3. The maximum absolute atomic E-state index is 14.2. The number of aliphatic hydroxyl groups excluding tert-OH is 2. The molecule has 0 saturated carbocycles. The van der Waals surface area contributed by atoms with Crippen LogP contribution in [0.3, 0.4) is 0 Å². The highest BCUT2D eigenvalue weighted by atomic mass is 16.7. The molecule has 7 unspecified atom stereocenters. The topological polar surface area (TPSA) is 155 Å². The van der Waals surface area contributed by atoms with Gasteiger partial charge in [-0.1, -0.05) is 0 Å². The molecule has 40 heavy (non-hydrogen) atoms. The van der Waals surface area contributed by atoms with Crippen molar-refractivity contribution in [3.8, 4) is 17.2 Å². The van der Waals surface area contributed by atoms with E-state index in [0.29, 0.717) is 16.7 Å². The SMILES string of the molecule is COc1cc2c(c3c1C(=O)c1c(cc4c(c1O)C(OC)CC(C)(O)C4)C3=O)OC1OC2(C)C(O)C(N(C)C)C1O. The molecule has 214 valence electrons. The predicted molar refractivity (Wildman–Crippen MR) is 139 cm³/mol. The largest absolute Gasteiger partial charge is 0.507 e. The molecule has 2 aliphatic carbocycles. The average molecular weight is 556 g/mol. The standard InChI is InChI=1S/C29H33NO10/c1-28(36)9-11-7-12-17(22(32)16(11)15(10-28)38-6)23(33)18-14(37-5)8-13-25(19(18)21(12)31)39-27-24(34)20(30(3)4)26(35)29(13,2)40-27/h7-8,15,20,24,26-27,32,34-36H,9-10H2,1-6H3. The maximum atomic E-state index is 14.2. The number of fused-ring (bicyclic) bond motifs is 8. The van der Waals surface area contributed by atoms with E-state index in [9.17, 15) is 30.0 Å². The number of carbonyl (C=O) groups is 2. The minimum absolute atomic E-state index is 0.00725. The van der Waals surface area contributed by atoms with Crippen molar-refractivity contribution in [2.45, 2.75) is 68.5 Å². The second-order valence-electron chi connectivity index (χ2n) is 11.8. The summed E-state index contributed by atoms with van der Waals surface area (Å²) < 4.78 is 23.2. The summed E-state index contributed by atoms with van der Waals surface area (Å²) in [4.78, 5) is 30.0. The number of phenols is 1. The second-order valence-corrected chi connectivity index (χ2v) is 11.8. The maximum Gasteiger partial charge on any atom is 0.228 e. The number of hydrogen-bond acceptors (Lipinski definition) is 11. The molecule has 0 amide bonds. The summed E-state index contributed by atoms with van der Waals surface area (Å²) in [7, 11) is 6.23. The minimum Gasteiger partial charge on any atom is -0.507 e. The zero-order valence-electron chi connectivity index (χ0n) is 23.1. The Kier molecular flexibility index (Phi) is 5.91. The molecule has 2 bridgehead atoms. The van der Waals surface area contributed by atoms with Gasteiger partial charge in [0.2, 0.25) is 12.1 Å². The third kappa shape index (κ3) is 3.45. The lowest BCUT2D eigenvalue weighted by molar-refractivity contribution is -0.311. The van der Waals surface area contributed by atoms with E-state index < -0.39 is 53.4 Å². The Labute approximate surface area is 230 Å². The summed E-state index contributed by atoms with van der Waals surface area (Å²) in [5, 5.41) is 44.6. The van der Waals surface area contributed by atoms with E-state index in [1.807, 2.05) is 0 Å². The molecule has 4 N–H and O–H groups in total. The summed E-state index contributed by atoms with van der Waals surface area (Å²) in [6.07, 6.45) is -4.08. The zero-order chi connectivity index (χ0) is 29.0. The van der Waals surface area contributed by atoms with E-state index in [2.05, 4.69) is 0 Å². The number of carbonyl (C=O) groups excluding carboxylic acids is 2. The first-order valence-electron chi connectivity index (χ1n) is 13.1. The molecule has 2 aromatic rings. The van der Waals surface area contributed by atoms with Gasteiger partial charge in [-0.2, -0.15) is 0 Å². The molecule has 7 atom stereocenters. The molecule has 1 fully saturated rings. The van der Waals surface area contributed by atoms with Crippen molar-refractivity contribution in [1.82, 2.24) is 4.90 Å². The van der Waals surface area contributed by atoms with Crippen LogP contribution < -0.4 is 9.47 Å². The van der Waals surface area contributed by atoms with E-state index in [0.717, 1.165) is 0 Å². The molecule has 2 aromatic carbocycles. The Morgan fingerprint density at radius 1 is 1.05 bits per heavy atom. The van der Waals surface area contributed by atoms with Crippen molar-refractivity contribution < 1.29 is 49.0 Å². The lowest BCUT2D eigenvalue weighted by Gasteiger charge is -2.53. The highest BCUT2D eigenvalue weighted by molar-refractivity contribution is 6.31. The number of ether oxygens (including phenoxy) is 4. The first-order chi connectivity index (χ1) is 18.8. The normalized spacial score (nSPS) is 34.0. The van der Waals surface area contributed by atoms with Gasteiger partial charge in [-0.3, -0.25) is 9.59 Å². The van der Waals surface area contributed by atoms with Gasteiger partial charge in [0.25, 0.3) is 0 Å². The average Bonchev–Trinajstić information content (AvgIpc) is 2.88. The number of likely N-dealkylation sites (N-methyl/N-ethyl adjacent to an activating group) is 1. The van der Waals surface area contributed by atoms with Gasteiger partial charge in [0, 0.05) is 36.6 Å². The molecule has 2 aliphatic heterocycles. The van der Waals surface area contributed by atoms with Crippen molar-refractivity contribution in [1.29, 1.82) is 0 Å². The van der Waals surface area contributed by atoms with Crippen molar-refractivity contribution in [3.05, 3.63) is 51.1 Å². The third-order valence-corrected chi connectivity index (χ3v) is 8.86. The Hall–Kier alpha value is -3.06. The smallest absolute Gasteiger partial charge is 0.228 e. The van der Waals surface area contributed by atoms with E-state index in [4.69, 9.17) is 18.9 Å². The second kappa shape index (κ2) is 8.72. The highest BCUT2D eigenvalue weighted by Gasteiger charge is 2.59. The number of ketones is 2. The number of benzene rings is 2. The Morgan fingerprint density at radius 3 is 2.38 bits per heavy atom. The number of methoxy groups -OCH3 is 2. The van der Waals surface area contributed by atoms with Crippen molar-refractivity contribution in [2.75, 3.05) is 28.3 Å². The van der Waals surface area contributed by atoms with Gasteiger partial charge in [-0.25, -0.2) is 0 Å². The van der Waals surface area contributed by atoms with Gasteiger partial charge < -0.3 is 44.3 Å².